The molecule has 0 amide bonds. The molecule has 1 aromatic heterocycles. The first-order valence-electron chi connectivity index (χ1n) is 5.17. The molecule has 1 N–H and O–H groups in total. The van der Waals surface area contributed by atoms with E-state index in [9.17, 15) is 0 Å². The van der Waals surface area contributed by atoms with Gasteiger partial charge in [0.15, 0.2) is 0 Å². The first-order chi connectivity index (χ1) is 7.90. The summed E-state index contributed by atoms with van der Waals surface area (Å²) in [5.74, 6) is 0.527. The molecule has 16 heavy (non-hydrogen) atoms. The van der Waals surface area contributed by atoms with Gasteiger partial charge in [-0.3, -0.25) is 4.98 Å². The van der Waals surface area contributed by atoms with Crippen LogP contribution in [0.25, 0.3) is 0 Å². The Labute approximate surface area is 100 Å². The van der Waals surface area contributed by atoms with Crippen LogP contribution < -0.4 is 5.32 Å². The molecule has 0 aliphatic heterocycles. The Bertz CT molecular complexity index is 443. The van der Waals surface area contributed by atoms with Crippen LogP contribution in [0.2, 0.25) is 0 Å². The highest BCUT2D eigenvalue weighted by Crippen LogP contribution is 2.17. The number of anilines is 1. The van der Waals surface area contributed by atoms with Gasteiger partial charge in [0.2, 0.25) is 0 Å². The van der Waals surface area contributed by atoms with Crippen LogP contribution in [0, 0.1) is 0 Å². The summed E-state index contributed by atoms with van der Waals surface area (Å²) in [6, 6.07) is 12.1. The Balaban J connectivity index is 2.05. The second-order valence-electron chi connectivity index (χ2n) is 3.50. The predicted molar refractivity (Wildman–Crippen MR) is 67.6 cm³/mol. The van der Waals surface area contributed by atoms with E-state index in [1.807, 2.05) is 36.4 Å². The van der Waals surface area contributed by atoms with Gasteiger partial charge in [-0.25, -0.2) is 0 Å². The van der Waals surface area contributed by atoms with Gasteiger partial charge in [-0.05, 0) is 29.3 Å². The molecule has 0 aliphatic carbocycles. The molecule has 0 aliphatic rings. The number of aromatic nitrogens is 1. The van der Waals surface area contributed by atoms with Gasteiger partial charge in [0.05, 0.1) is 0 Å². The summed E-state index contributed by atoms with van der Waals surface area (Å²) in [4.78, 5) is 3.99. The number of para-hydroxylation sites is 1. The molecule has 2 nitrogen and oxygen atoms in total. The van der Waals surface area contributed by atoms with E-state index in [0.717, 1.165) is 17.8 Å². The van der Waals surface area contributed by atoms with E-state index in [0.29, 0.717) is 5.88 Å². The van der Waals surface area contributed by atoms with Crippen molar-refractivity contribution in [2.45, 2.75) is 12.4 Å². The second kappa shape index (κ2) is 5.52. The topological polar surface area (TPSA) is 24.9 Å². The zero-order valence-electron chi connectivity index (χ0n) is 8.86. The van der Waals surface area contributed by atoms with Crippen molar-refractivity contribution in [3.63, 3.8) is 0 Å². The third kappa shape index (κ3) is 2.74. The lowest BCUT2D eigenvalue weighted by Gasteiger charge is -2.09. The molecule has 0 saturated heterocycles. The molecule has 0 atom stereocenters. The van der Waals surface area contributed by atoms with E-state index < -0.39 is 0 Å². The molecule has 0 unspecified atom stereocenters. The number of benzene rings is 1. The molecular formula is C13H13ClN2. The van der Waals surface area contributed by atoms with Crippen molar-refractivity contribution in [1.29, 1.82) is 0 Å². The van der Waals surface area contributed by atoms with Gasteiger partial charge < -0.3 is 5.32 Å². The number of hydrogen-bond donors (Lipinski definition) is 1. The zero-order valence-corrected chi connectivity index (χ0v) is 9.61. The van der Waals surface area contributed by atoms with Crippen LogP contribution in [0.3, 0.4) is 0 Å². The van der Waals surface area contributed by atoms with Gasteiger partial charge in [-0.15, -0.1) is 11.6 Å². The highest BCUT2D eigenvalue weighted by Gasteiger charge is 1.99. The third-order valence-corrected chi connectivity index (χ3v) is 2.68. The number of alkyl halides is 1. The summed E-state index contributed by atoms with van der Waals surface area (Å²) < 4.78 is 0. The molecule has 0 fully saturated rings. The lowest BCUT2D eigenvalue weighted by Crippen LogP contribution is -2.01. The van der Waals surface area contributed by atoms with E-state index in [4.69, 9.17) is 11.6 Å². The van der Waals surface area contributed by atoms with Gasteiger partial charge in [0, 0.05) is 30.5 Å². The van der Waals surface area contributed by atoms with Crippen molar-refractivity contribution in [3.8, 4) is 0 Å². The summed E-state index contributed by atoms with van der Waals surface area (Å²) in [6.45, 7) is 0.788. The highest BCUT2D eigenvalue weighted by atomic mass is 35.5. The number of nitrogens with one attached hydrogen (secondary N) is 1. The van der Waals surface area contributed by atoms with Crippen LogP contribution in [0.1, 0.15) is 11.1 Å². The summed E-state index contributed by atoms with van der Waals surface area (Å²) in [7, 11) is 0. The van der Waals surface area contributed by atoms with Gasteiger partial charge in [-0.2, -0.15) is 0 Å². The minimum absolute atomic E-state index is 0.527. The minimum Gasteiger partial charge on any atom is -0.381 e. The van der Waals surface area contributed by atoms with Gasteiger partial charge in [0.25, 0.3) is 0 Å². The molecule has 0 bridgehead atoms. The van der Waals surface area contributed by atoms with Gasteiger partial charge in [0.1, 0.15) is 0 Å². The summed E-state index contributed by atoms with van der Waals surface area (Å²) in [5.41, 5.74) is 3.42. The molecule has 2 aromatic rings. The van der Waals surface area contributed by atoms with Gasteiger partial charge in [-0.1, -0.05) is 18.2 Å². The number of halogens is 1. The first kappa shape index (κ1) is 11.0. The minimum atomic E-state index is 0.527. The van der Waals surface area contributed by atoms with Crippen LogP contribution in [-0.4, -0.2) is 4.98 Å². The molecular weight excluding hydrogens is 220 g/mol. The van der Waals surface area contributed by atoms with Crippen LogP contribution >= 0.6 is 11.6 Å². The standard InChI is InChI=1S/C13H13ClN2/c14-9-12-3-1-2-4-13(12)16-10-11-5-7-15-8-6-11/h1-8,16H,9-10H2. The van der Waals surface area contributed by atoms with Crippen molar-refractivity contribution in [2.24, 2.45) is 0 Å². The molecule has 1 heterocycles. The van der Waals surface area contributed by atoms with Crippen LogP contribution in [-0.2, 0) is 12.4 Å². The monoisotopic (exact) mass is 232 g/mol. The predicted octanol–water partition coefficient (Wildman–Crippen LogP) is 3.43. The molecule has 0 spiro atoms. The maximum Gasteiger partial charge on any atom is 0.0494 e. The fraction of sp³-hybridized carbons (Fsp3) is 0.154. The maximum absolute atomic E-state index is 5.86. The normalized spacial score (nSPS) is 10.1. The number of hydrogen-bond acceptors (Lipinski definition) is 2. The average Bonchev–Trinajstić information content (AvgIpc) is 2.38. The zero-order chi connectivity index (χ0) is 11.2. The number of rotatable bonds is 4. The van der Waals surface area contributed by atoms with Crippen molar-refractivity contribution in [1.82, 2.24) is 4.98 Å². The molecule has 1 aromatic carbocycles. The number of pyridine rings is 1. The SMILES string of the molecule is ClCc1ccccc1NCc1ccncc1. The molecule has 0 saturated carbocycles. The van der Waals surface area contributed by atoms with Crippen molar-refractivity contribution < 1.29 is 0 Å². The van der Waals surface area contributed by atoms with Gasteiger partial charge >= 0.3 is 0 Å². The average molecular weight is 233 g/mol. The quantitative estimate of drug-likeness (QED) is 0.817. The summed E-state index contributed by atoms with van der Waals surface area (Å²) in [5, 5.41) is 3.37. The smallest absolute Gasteiger partial charge is 0.0494 e. The summed E-state index contributed by atoms with van der Waals surface area (Å²) in [6.07, 6.45) is 3.59. The number of nitrogens with zero attached hydrogens (tertiary/aromatic N) is 1. The Morgan fingerprint density at radius 2 is 1.81 bits per heavy atom. The molecule has 0 radical (unpaired) electrons. The Kier molecular flexibility index (Phi) is 3.78. The lowest BCUT2D eigenvalue weighted by atomic mass is 10.2. The highest BCUT2D eigenvalue weighted by molar-refractivity contribution is 6.17. The van der Waals surface area contributed by atoms with E-state index in [1.165, 1.54) is 5.56 Å². The largest absolute Gasteiger partial charge is 0.381 e. The molecule has 82 valence electrons. The Morgan fingerprint density at radius 3 is 2.56 bits per heavy atom. The second-order valence-corrected chi connectivity index (χ2v) is 3.77. The van der Waals surface area contributed by atoms with Crippen LogP contribution in [0.5, 0.6) is 0 Å². The summed E-state index contributed by atoms with van der Waals surface area (Å²) >= 11 is 5.86. The third-order valence-electron chi connectivity index (χ3n) is 2.39. The van der Waals surface area contributed by atoms with E-state index in [1.54, 1.807) is 12.4 Å². The first-order valence-corrected chi connectivity index (χ1v) is 5.70. The maximum atomic E-state index is 5.86. The Hall–Kier alpha value is -1.54. The lowest BCUT2D eigenvalue weighted by molar-refractivity contribution is 1.12. The van der Waals surface area contributed by atoms with Crippen molar-refractivity contribution >= 4 is 17.3 Å². The van der Waals surface area contributed by atoms with E-state index in [-0.39, 0.29) is 0 Å². The van der Waals surface area contributed by atoms with E-state index >= 15 is 0 Å². The van der Waals surface area contributed by atoms with Crippen molar-refractivity contribution in [2.75, 3.05) is 5.32 Å². The fourth-order valence-corrected chi connectivity index (χ4v) is 1.74. The Morgan fingerprint density at radius 1 is 1.06 bits per heavy atom. The van der Waals surface area contributed by atoms with Crippen molar-refractivity contribution in [3.05, 3.63) is 59.9 Å². The molecule has 2 rings (SSSR count). The molecule has 3 heteroatoms. The van der Waals surface area contributed by atoms with Crippen LogP contribution in [0.15, 0.2) is 48.8 Å². The van der Waals surface area contributed by atoms with E-state index in [2.05, 4.69) is 10.3 Å². The van der Waals surface area contributed by atoms with Crippen LogP contribution in [0.4, 0.5) is 5.69 Å². The fourth-order valence-electron chi connectivity index (χ4n) is 1.51.